The molecule has 1 saturated carbocycles. The Labute approximate surface area is 122 Å². The van der Waals surface area contributed by atoms with E-state index in [9.17, 15) is 4.79 Å². The van der Waals surface area contributed by atoms with Gasteiger partial charge < -0.3 is 15.1 Å². The SMILES string of the molecule is O=C1CCCN1CC1(CCN2CCNCC2)CCCC1. The van der Waals surface area contributed by atoms with Gasteiger partial charge in [0.05, 0.1) is 0 Å². The third-order valence-corrected chi connectivity index (χ3v) is 5.53. The van der Waals surface area contributed by atoms with E-state index in [1.165, 1.54) is 51.7 Å². The number of amides is 1. The molecule has 0 radical (unpaired) electrons. The maximum Gasteiger partial charge on any atom is 0.222 e. The van der Waals surface area contributed by atoms with Crippen molar-refractivity contribution in [1.82, 2.24) is 15.1 Å². The molecule has 3 fully saturated rings. The molecule has 4 heteroatoms. The standard InChI is InChI=1S/C16H29N3O/c20-15-4-3-10-19(15)14-16(5-1-2-6-16)7-11-18-12-8-17-9-13-18/h17H,1-14H2. The van der Waals surface area contributed by atoms with Crippen LogP contribution in [0.15, 0.2) is 0 Å². The first kappa shape index (κ1) is 14.3. The first-order valence-corrected chi connectivity index (χ1v) is 8.48. The van der Waals surface area contributed by atoms with Gasteiger partial charge in [-0.15, -0.1) is 0 Å². The van der Waals surface area contributed by atoms with E-state index in [2.05, 4.69) is 15.1 Å². The third kappa shape index (κ3) is 3.34. The second kappa shape index (κ2) is 6.44. The topological polar surface area (TPSA) is 35.6 Å². The monoisotopic (exact) mass is 279 g/mol. The van der Waals surface area contributed by atoms with Gasteiger partial charge in [-0.3, -0.25) is 4.79 Å². The normalized spacial score (nSPS) is 27.4. The van der Waals surface area contributed by atoms with E-state index >= 15 is 0 Å². The lowest BCUT2D eigenvalue weighted by Crippen LogP contribution is -2.45. The minimum atomic E-state index is 0.401. The summed E-state index contributed by atoms with van der Waals surface area (Å²) in [5.74, 6) is 0.401. The third-order valence-electron chi connectivity index (χ3n) is 5.53. The number of hydrogen-bond acceptors (Lipinski definition) is 3. The van der Waals surface area contributed by atoms with Crippen LogP contribution in [0.25, 0.3) is 0 Å². The summed E-state index contributed by atoms with van der Waals surface area (Å²) < 4.78 is 0. The van der Waals surface area contributed by atoms with Gasteiger partial charge in [0, 0.05) is 45.7 Å². The number of rotatable bonds is 5. The zero-order chi connectivity index (χ0) is 13.8. The maximum absolute atomic E-state index is 11.9. The fourth-order valence-corrected chi connectivity index (χ4v) is 4.22. The van der Waals surface area contributed by atoms with Crippen LogP contribution in [0.3, 0.4) is 0 Å². The zero-order valence-electron chi connectivity index (χ0n) is 12.7. The van der Waals surface area contributed by atoms with E-state index in [1.54, 1.807) is 0 Å². The van der Waals surface area contributed by atoms with E-state index in [1.807, 2.05) is 0 Å². The maximum atomic E-state index is 11.9. The fraction of sp³-hybridized carbons (Fsp3) is 0.938. The minimum absolute atomic E-state index is 0.401. The highest BCUT2D eigenvalue weighted by Gasteiger charge is 2.37. The Balaban J connectivity index is 1.54. The van der Waals surface area contributed by atoms with E-state index < -0.39 is 0 Å². The lowest BCUT2D eigenvalue weighted by Gasteiger charge is -2.36. The first-order valence-electron chi connectivity index (χ1n) is 8.48. The molecule has 0 atom stereocenters. The highest BCUT2D eigenvalue weighted by molar-refractivity contribution is 5.78. The van der Waals surface area contributed by atoms with Crippen molar-refractivity contribution in [3.8, 4) is 0 Å². The van der Waals surface area contributed by atoms with Crippen LogP contribution < -0.4 is 5.32 Å². The summed E-state index contributed by atoms with van der Waals surface area (Å²) in [4.78, 5) is 16.7. The molecule has 4 nitrogen and oxygen atoms in total. The van der Waals surface area contributed by atoms with Gasteiger partial charge in [0.1, 0.15) is 0 Å². The Morgan fingerprint density at radius 1 is 1.05 bits per heavy atom. The summed E-state index contributed by atoms with van der Waals surface area (Å²) in [7, 11) is 0. The van der Waals surface area contributed by atoms with Crippen LogP contribution in [-0.2, 0) is 4.79 Å². The van der Waals surface area contributed by atoms with Crippen molar-refractivity contribution >= 4 is 5.91 Å². The Bertz CT molecular complexity index is 333. The minimum Gasteiger partial charge on any atom is -0.342 e. The average Bonchev–Trinajstić information content (AvgIpc) is 3.09. The number of nitrogens with zero attached hydrogens (tertiary/aromatic N) is 2. The van der Waals surface area contributed by atoms with Gasteiger partial charge >= 0.3 is 0 Å². The summed E-state index contributed by atoms with van der Waals surface area (Å²) in [6, 6.07) is 0. The average molecular weight is 279 g/mol. The highest BCUT2D eigenvalue weighted by atomic mass is 16.2. The summed E-state index contributed by atoms with van der Waals surface area (Å²) in [6.07, 6.45) is 8.55. The van der Waals surface area contributed by atoms with Crippen LogP contribution in [0, 0.1) is 5.41 Å². The van der Waals surface area contributed by atoms with Gasteiger partial charge in [0.25, 0.3) is 0 Å². The molecule has 1 N–H and O–H groups in total. The summed E-state index contributed by atoms with van der Waals surface area (Å²) in [6.45, 7) is 7.93. The molecule has 2 saturated heterocycles. The van der Waals surface area contributed by atoms with Gasteiger partial charge in [0.2, 0.25) is 5.91 Å². The molecule has 0 bridgehead atoms. The molecule has 114 valence electrons. The zero-order valence-corrected chi connectivity index (χ0v) is 12.7. The molecule has 20 heavy (non-hydrogen) atoms. The molecule has 0 unspecified atom stereocenters. The molecular formula is C16H29N3O. The van der Waals surface area contributed by atoms with E-state index in [4.69, 9.17) is 0 Å². The molecule has 3 rings (SSSR count). The van der Waals surface area contributed by atoms with Crippen molar-refractivity contribution < 1.29 is 4.79 Å². The first-order chi connectivity index (χ1) is 9.77. The van der Waals surface area contributed by atoms with Gasteiger partial charge in [-0.1, -0.05) is 12.8 Å². The van der Waals surface area contributed by atoms with Crippen LogP contribution >= 0.6 is 0 Å². The molecule has 3 aliphatic rings. The fourth-order valence-electron chi connectivity index (χ4n) is 4.22. The van der Waals surface area contributed by atoms with Gasteiger partial charge in [-0.25, -0.2) is 0 Å². The predicted octanol–water partition coefficient (Wildman–Crippen LogP) is 1.46. The van der Waals surface area contributed by atoms with Crippen molar-refractivity contribution in [1.29, 1.82) is 0 Å². The quantitative estimate of drug-likeness (QED) is 0.828. The molecule has 0 aromatic rings. The molecule has 0 spiro atoms. The number of piperazine rings is 1. The molecule has 1 amide bonds. The number of hydrogen-bond donors (Lipinski definition) is 1. The van der Waals surface area contributed by atoms with Gasteiger partial charge in [-0.05, 0) is 37.6 Å². The highest BCUT2D eigenvalue weighted by Crippen LogP contribution is 2.42. The van der Waals surface area contributed by atoms with E-state index in [0.29, 0.717) is 11.3 Å². The summed E-state index contributed by atoms with van der Waals surface area (Å²) in [5, 5.41) is 3.42. The van der Waals surface area contributed by atoms with Crippen molar-refractivity contribution in [2.45, 2.75) is 44.9 Å². The van der Waals surface area contributed by atoms with E-state index in [0.717, 1.165) is 39.0 Å². The van der Waals surface area contributed by atoms with Crippen LogP contribution in [0.5, 0.6) is 0 Å². The van der Waals surface area contributed by atoms with E-state index in [-0.39, 0.29) is 0 Å². The molecule has 2 aliphatic heterocycles. The van der Waals surface area contributed by atoms with Crippen molar-refractivity contribution in [2.75, 3.05) is 45.8 Å². The Hall–Kier alpha value is -0.610. The molecule has 2 heterocycles. The van der Waals surface area contributed by atoms with Crippen molar-refractivity contribution in [3.05, 3.63) is 0 Å². The number of carbonyl (C=O) groups is 1. The van der Waals surface area contributed by atoms with Crippen LogP contribution in [0.1, 0.15) is 44.9 Å². The number of carbonyl (C=O) groups excluding carboxylic acids is 1. The largest absolute Gasteiger partial charge is 0.342 e. The Kier molecular flexibility index (Phi) is 4.61. The Morgan fingerprint density at radius 3 is 2.45 bits per heavy atom. The smallest absolute Gasteiger partial charge is 0.222 e. The van der Waals surface area contributed by atoms with Crippen LogP contribution in [0.4, 0.5) is 0 Å². The number of likely N-dealkylation sites (tertiary alicyclic amines) is 1. The van der Waals surface area contributed by atoms with Gasteiger partial charge in [0.15, 0.2) is 0 Å². The van der Waals surface area contributed by atoms with Gasteiger partial charge in [-0.2, -0.15) is 0 Å². The van der Waals surface area contributed by atoms with Crippen LogP contribution in [-0.4, -0.2) is 61.5 Å². The summed E-state index contributed by atoms with van der Waals surface area (Å²) in [5.41, 5.74) is 0.435. The summed E-state index contributed by atoms with van der Waals surface area (Å²) >= 11 is 0. The molecular weight excluding hydrogens is 250 g/mol. The van der Waals surface area contributed by atoms with Crippen LogP contribution in [0.2, 0.25) is 0 Å². The lowest BCUT2D eigenvalue weighted by molar-refractivity contribution is -0.129. The number of nitrogens with one attached hydrogen (secondary N) is 1. The molecule has 0 aromatic heterocycles. The van der Waals surface area contributed by atoms with Crippen molar-refractivity contribution in [3.63, 3.8) is 0 Å². The Morgan fingerprint density at radius 2 is 1.80 bits per heavy atom. The van der Waals surface area contributed by atoms with Crippen molar-refractivity contribution in [2.24, 2.45) is 5.41 Å². The second-order valence-corrected chi connectivity index (χ2v) is 6.97. The molecule has 0 aromatic carbocycles. The second-order valence-electron chi connectivity index (χ2n) is 6.97. The predicted molar refractivity (Wildman–Crippen MR) is 80.6 cm³/mol. The lowest BCUT2D eigenvalue weighted by atomic mass is 9.82. The molecule has 1 aliphatic carbocycles.